The number of aromatic nitrogens is 1. The maximum absolute atomic E-state index is 12.4. The first-order valence-electron chi connectivity index (χ1n) is 4.02. The molecular formula is C9H12F2N2. The van der Waals surface area contributed by atoms with Gasteiger partial charge in [0.1, 0.15) is 5.82 Å². The van der Waals surface area contributed by atoms with E-state index < -0.39 is 5.92 Å². The third-order valence-corrected chi connectivity index (χ3v) is 1.49. The van der Waals surface area contributed by atoms with Gasteiger partial charge < -0.3 is 5.32 Å². The summed E-state index contributed by atoms with van der Waals surface area (Å²) in [5.74, 6) is -2.22. The van der Waals surface area contributed by atoms with E-state index in [1.807, 2.05) is 13.0 Å². The van der Waals surface area contributed by atoms with Gasteiger partial charge in [-0.1, -0.05) is 6.07 Å². The fourth-order valence-electron chi connectivity index (χ4n) is 0.818. The van der Waals surface area contributed by atoms with E-state index in [1.54, 1.807) is 12.3 Å². The summed E-state index contributed by atoms with van der Waals surface area (Å²) in [5.41, 5.74) is 1.01. The number of halogens is 2. The highest BCUT2D eigenvalue weighted by molar-refractivity contribution is 5.35. The van der Waals surface area contributed by atoms with Crippen molar-refractivity contribution in [3.05, 3.63) is 23.9 Å². The van der Waals surface area contributed by atoms with Crippen LogP contribution < -0.4 is 5.32 Å². The SMILES string of the molecule is Cc1ccc(NCC(C)(F)F)nc1. The Hall–Kier alpha value is -1.19. The minimum atomic E-state index is -2.70. The first-order valence-corrected chi connectivity index (χ1v) is 4.02. The summed E-state index contributed by atoms with van der Waals surface area (Å²) in [6.45, 7) is 2.38. The summed E-state index contributed by atoms with van der Waals surface area (Å²) in [4.78, 5) is 3.94. The van der Waals surface area contributed by atoms with Crippen molar-refractivity contribution in [3.63, 3.8) is 0 Å². The number of hydrogen-bond acceptors (Lipinski definition) is 2. The molecule has 1 N–H and O–H groups in total. The Kier molecular flexibility index (Phi) is 2.80. The van der Waals surface area contributed by atoms with Gasteiger partial charge in [0.25, 0.3) is 5.92 Å². The molecule has 0 aliphatic rings. The molecule has 0 saturated heterocycles. The van der Waals surface area contributed by atoms with E-state index in [1.165, 1.54) is 0 Å². The van der Waals surface area contributed by atoms with E-state index >= 15 is 0 Å². The molecule has 0 fully saturated rings. The van der Waals surface area contributed by atoms with E-state index in [4.69, 9.17) is 0 Å². The topological polar surface area (TPSA) is 24.9 Å². The van der Waals surface area contributed by atoms with Gasteiger partial charge in [0.05, 0.1) is 6.54 Å². The summed E-state index contributed by atoms with van der Waals surface area (Å²) >= 11 is 0. The predicted molar refractivity (Wildman–Crippen MR) is 48.1 cm³/mol. The van der Waals surface area contributed by atoms with Gasteiger partial charge in [-0.05, 0) is 18.6 Å². The molecule has 0 aliphatic heterocycles. The number of aryl methyl sites for hydroxylation is 1. The Morgan fingerprint density at radius 1 is 1.46 bits per heavy atom. The predicted octanol–water partition coefficient (Wildman–Crippen LogP) is 2.46. The van der Waals surface area contributed by atoms with Gasteiger partial charge in [0, 0.05) is 13.1 Å². The summed E-state index contributed by atoms with van der Waals surface area (Å²) in [7, 11) is 0. The van der Waals surface area contributed by atoms with Crippen LogP contribution in [0.15, 0.2) is 18.3 Å². The van der Waals surface area contributed by atoms with Gasteiger partial charge in [-0.3, -0.25) is 0 Å². The Balaban J connectivity index is 2.51. The molecule has 0 aromatic carbocycles. The van der Waals surface area contributed by atoms with Crippen molar-refractivity contribution in [2.24, 2.45) is 0 Å². The molecule has 2 nitrogen and oxygen atoms in total. The second kappa shape index (κ2) is 3.68. The van der Waals surface area contributed by atoms with Gasteiger partial charge in [-0.15, -0.1) is 0 Å². The van der Waals surface area contributed by atoms with Crippen LogP contribution in [0.3, 0.4) is 0 Å². The number of rotatable bonds is 3. The molecule has 1 rings (SSSR count). The second-order valence-corrected chi connectivity index (χ2v) is 3.14. The lowest BCUT2D eigenvalue weighted by atomic mass is 10.3. The van der Waals surface area contributed by atoms with Crippen molar-refractivity contribution < 1.29 is 8.78 Å². The highest BCUT2D eigenvalue weighted by Crippen LogP contribution is 2.12. The summed E-state index contributed by atoms with van der Waals surface area (Å²) < 4.78 is 24.8. The first kappa shape index (κ1) is 9.89. The number of nitrogens with zero attached hydrogens (tertiary/aromatic N) is 1. The van der Waals surface area contributed by atoms with Crippen molar-refractivity contribution in [2.45, 2.75) is 19.8 Å². The molecule has 0 unspecified atom stereocenters. The normalized spacial score (nSPS) is 11.4. The van der Waals surface area contributed by atoms with Gasteiger partial charge in [-0.2, -0.15) is 0 Å². The minimum Gasteiger partial charge on any atom is -0.364 e. The van der Waals surface area contributed by atoms with E-state index in [0.717, 1.165) is 12.5 Å². The molecule has 4 heteroatoms. The van der Waals surface area contributed by atoms with E-state index in [9.17, 15) is 8.78 Å². The van der Waals surface area contributed by atoms with Crippen LogP contribution in [0.1, 0.15) is 12.5 Å². The lowest BCUT2D eigenvalue weighted by Crippen LogP contribution is -2.23. The summed E-state index contributed by atoms with van der Waals surface area (Å²) in [6, 6.07) is 3.50. The molecule has 0 bridgehead atoms. The molecular weight excluding hydrogens is 174 g/mol. The maximum Gasteiger partial charge on any atom is 0.262 e. The maximum atomic E-state index is 12.4. The van der Waals surface area contributed by atoms with Gasteiger partial charge in [-0.25, -0.2) is 13.8 Å². The van der Waals surface area contributed by atoms with Crippen molar-refractivity contribution in [2.75, 3.05) is 11.9 Å². The summed E-state index contributed by atoms with van der Waals surface area (Å²) in [6.07, 6.45) is 1.64. The van der Waals surface area contributed by atoms with Crippen molar-refractivity contribution in [3.8, 4) is 0 Å². The van der Waals surface area contributed by atoms with Crippen LogP contribution in [-0.2, 0) is 0 Å². The lowest BCUT2D eigenvalue weighted by molar-refractivity contribution is 0.0367. The first-order chi connectivity index (χ1) is 5.97. The number of hydrogen-bond donors (Lipinski definition) is 1. The third kappa shape index (κ3) is 3.83. The molecule has 0 atom stereocenters. The molecule has 0 amide bonds. The standard InChI is InChI=1S/C9H12F2N2/c1-7-3-4-8(12-5-7)13-6-9(2,10)11/h3-5H,6H2,1-2H3,(H,12,13). The van der Waals surface area contributed by atoms with E-state index in [-0.39, 0.29) is 6.54 Å². The lowest BCUT2D eigenvalue weighted by Gasteiger charge is -2.11. The van der Waals surface area contributed by atoms with Crippen LogP contribution in [0.2, 0.25) is 0 Å². The van der Waals surface area contributed by atoms with Crippen molar-refractivity contribution in [1.82, 2.24) is 4.98 Å². The molecule has 0 aliphatic carbocycles. The molecule has 1 heterocycles. The smallest absolute Gasteiger partial charge is 0.262 e. The molecule has 1 aromatic rings. The highest BCUT2D eigenvalue weighted by atomic mass is 19.3. The van der Waals surface area contributed by atoms with Gasteiger partial charge in [0.15, 0.2) is 0 Å². The van der Waals surface area contributed by atoms with Crippen LogP contribution in [0.5, 0.6) is 0 Å². The largest absolute Gasteiger partial charge is 0.364 e. The average Bonchev–Trinajstić information content (AvgIpc) is 2.02. The highest BCUT2D eigenvalue weighted by Gasteiger charge is 2.20. The molecule has 72 valence electrons. The van der Waals surface area contributed by atoms with Crippen molar-refractivity contribution >= 4 is 5.82 Å². The fourth-order valence-corrected chi connectivity index (χ4v) is 0.818. The Bertz CT molecular complexity index is 264. The zero-order valence-electron chi connectivity index (χ0n) is 7.64. The molecule has 0 spiro atoms. The van der Waals surface area contributed by atoms with E-state index in [2.05, 4.69) is 10.3 Å². The Morgan fingerprint density at radius 2 is 2.15 bits per heavy atom. The van der Waals surface area contributed by atoms with Crippen LogP contribution in [0.4, 0.5) is 14.6 Å². The number of anilines is 1. The van der Waals surface area contributed by atoms with Crippen molar-refractivity contribution in [1.29, 1.82) is 0 Å². The number of alkyl halides is 2. The Morgan fingerprint density at radius 3 is 2.62 bits per heavy atom. The fraction of sp³-hybridized carbons (Fsp3) is 0.444. The Labute approximate surface area is 76.0 Å². The summed E-state index contributed by atoms with van der Waals surface area (Å²) in [5, 5.41) is 2.55. The third-order valence-electron chi connectivity index (χ3n) is 1.49. The number of pyridine rings is 1. The second-order valence-electron chi connectivity index (χ2n) is 3.14. The molecule has 0 radical (unpaired) electrons. The average molecular weight is 186 g/mol. The zero-order valence-corrected chi connectivity index (χ0v) is 7.64. The van der Waals surface area contributed by atoms with Crippen LogP contribution in [-0.4, -0.2) is 17.5 Å². The molecule has 0 saturated carbocycles. The van der Waals surface area contributed by atoms with Gasteiger partial charge in [0.2, 0.25) is 0 Å². The van der Waals surface area contributed by atoms with Gasteiger partial charge >= 0.3 is 0 Å². The van der Waals surface area contributed by atoms with Crippen LogP contribution in [0.25, 0.3) is 0 Å². The monoisotopic (exact) mass is 186 g/mol. The zero-order chi connectivity index (χ0) is 9.90. The number of nitrogens with one attached hydrogen (secondary N) is 1. The van der Waals surface area contributed by atoms with Crippen LogP contribution >= 0.6 is 0 Å². The van der Waals surface area contributed by atoms with Crippen LogP contribution in [0, 0.1) is 6.92 Å². The van der Waals surface area contributed by atoms with E-state index in [0.29, 0.717) is 5.82 Å². The minimum absolute atomic E-state index is 0.386. The molecule has 1 aromatic heterocycles. The quantitative estimate of drug-likeness (QED) is 0.784. The molecule has 13 heavy (non-hydrogen) atoms.